The number of Topliss-reactive ketones (excluding diaryl/α,β-unsaturated/α-hetero) is 1. The molecule has 20 heavy (non-hydrogen) atoms. The van der Waals surface area contributed by atoms with Crippen LogP contribution in [0.1, 0.15) is 32.4 Å². The first kappa shape index (κ1) is 13.4. The molecular formula is C15H17ClN2O2. The number of aliphatic imine (C=N–C) groups is 1. The lowest BCUT2D eigenvalue weighted by molar-refractivity contribution is -0.141. The van der Waals surface area contributed by atoms with Crippen LogP contribution in [0.15, 0.2) is 23.2 Å². The fourth-order valence-corrected chi connectivity index (χ4v) is 2.71. The number of fused-ring (bicyclic) bond motifs is 3. The Labute approximate surface area is 123 Å². The van der Waals surface area contributed by atoms with E-state index >= 15 is 0 Å². The molecule has 0 spiro atoms. The Morgan fingerprint density at radius 2 is 2.20 bits per heavy atom. The van der Waals surface area contributed by atoms with Gasteiger partial charge >= 0.3 is 0 Å². The summed E-state index contributed by atoms with van der Waals surface area (Å²) in [6.45, 7) is 6.33. The van der Waals surface area contributed by atoms with Crippen LogP contribution in [-0.4, -0.2) is 29.8 Å². The fourth-order valence-electron chi connectivity index (χ4n) is 2.53. The Hall–Kier alpha value is -1.55. The van der Waals surface area contributed by atoms with E-state index in [4.69, 9.17) is 16.3 Å². The van der Waals surface area contributed by atoms with Gasteiger partial charge in [0.1, 0.15) is 5.75 Å². The first-order valence-corrected chi connectivity index (χ1v) is 7.03. The van der Waals surface area contributed by atoms with Gasteiger partial charge in [0.2, 0.25) is 6.23 Å². The summed E-state index contributed by atoms with van der Waals surface area (Å²) >= 11 is 6.06. The highest BCUT2D eigenvalue weighted by atomic mass is 35.5. The lowest BCUT2D eigenvalue weighted by Crippen LogP contribution is -2.51. The number of ether oxygens (including phenoxy) is 1. The molecule has 4 nitrogen and oxygen atoms in total. The lowest BCUT2D eigenvalue weighted by atomic mass is 9.88. The van der Waals surface area contributed by atoms with Crippen LogP contribution < -0.4 is 4.74 Å². The molecule has 0 saturated carbocycles. The summed E-state index contributed by atoms with van der Waals surface area (Å²) in [5.41, 5.74) is 0.531. The van der Waals surface area contributed by atoms with Crippen LogP contribution in [0, 0.1) is 5.41 Å². The largest absolute Gasteiger partial charge is 0.463 e. The summed E-state index contributed by atoms with van der Waals surface area (Å²) in [5.74, 6) is 0.778. The van der Waals surface area contributed by atoms with E-state index in [0.717, 1.165) is 11.3 Å². The molecule has 0 saturated heterocycles. The number of nitrogens with zero attached hydrogens (tertiary/aromatic N) is 2. The lowest BCUT2D eigenvalue weighted by Gasteiger charge is -2.39. The van der Waals surface area contributed by atoms with Gasteiger partial charge in [-0.3, -0.25) is 9.79 Å². The van der Waals surface area contributed by atoms with E-state index < -0.39 is 11.6 Å². The molecule has 1 aromatic rings. The molecule has 0 fully saturated rings. The van der Waals surface area contributed by atoms with Crippen molar-refractivity contribution in [2.24, 2.45) is 10.4 Å². The maximum Gasteiger partial charge on any atom is 0.233 e. The topological polar surface area (TPSA) is 41.9 Å². The van der Waals surface area contributed by atoms with Crippen LogP contribution in [0.4, 0.5) is 0 Å². The van der Waals surface area contributed by atoms with E-state index in [1.807, 2.05) is 37.8 Å². The van der Waals surface area contributed by atoms with Gasteiger partial charge in [-0.2, -0.15) is 0 Å². The summed E-state index contributed by atoms with van der Waals surface area (Å²) in [5, 5.41) is 0.666. The van der Waals surface area contributed by atoms with E-state index in [2.05, 4.69) is 4.99 Å². The van der Waals surface area contributed by atoms with Gasteiger partial charge in [0.15, 0.2) is 5.78 Å². The molecule has 3 rings (SSSR count). The number of carbonyl (C=O) groups excluding carboxylic acids is 1. The minimum atomic E-state index is -0.611. The van der Waals surface area contributed by atoms with Gasteiger partial charge in [-0.05, 0) is 18.2 Å². The fraction of sp³-hybridized carbons (Fsp3) is 0.467. The normalized spacial score (nSPS) is 24.1. The maximum atomic E-state index is 12.6. The molecule has 2 unspecified atom stereocenters. The number of halogens is 1. The summed E-state index contributed by atoms with van der Waals surface area (Å²) in [7, 11) is 0. The summed E-state index contributed by atoms with van der Waals surface area (Å²) in [6.07, 6.45) is 1.10. The average Bonchev–Trinajstić information content (AvgIpc) is 2.85. The third kappa shape index (κ3) is 2.08. The van der Waals surface area contributed by atoms with E-state index in [9.17, 15) is 4.79 Å². The summed E-state index contributed by atoms with van der Waals surface area (Å²) in [6, 6.07) is 5.54. The molecule has 0 radical (unpaired) electrons. The molecule has 2 aliphatic heterocycles. The zero-order valence-corrected chi connectivity index (χ0v) is 12.5. The van der Waals surface area contributed by atoms with Crippen molar-refractivity contribution in [3.63, 3.8) is 0 Å². The SMILES string of the molecule is CC(C)(C)C(=O)C1Oc2ccc(Cl)cc2C2CN=CN12. The van der Waals surface area contributed by atoms with Crippen molar-refractivity contribution in [2.45, 2.75) is 33.0 Å². The molecular weight excluding hydrogens is 276 g/mol. The van der Waals surface area contributed by atoms with Crippen molar-refractivity contribution in [3.8, 4) is 5.75 Å². The Morgan fingerprint density at radius 3 is 2.90 bits per heavy atom. The van der Waals surface area contributed by atoms with Gasteiger partial charge < -0.3 is 9.64 Å². The minimum absolute atomic E-state index is 0.0359. The predicted octanol–water partition coefficient (Wildman–Crippen LogP) is 3.06. The predicted molar refractivity (Wildman–Crippen MR) is 78.3 cm³/mol. The van der Waals surface area contributed by atoms with Crippen molar-refractivity contribution in [1.82, 2.24) is 4.90 Å². The van der Waals surface area contributed by atoms with Crippen LogP contribution in [0.2, 0.25) is 5.02 Å². The van der Waals surface area contributed by atoms with E-state index in [1.54, 1.807) is 12.4 Å². The quantitative estimate of drug-likeness (QED) is 0.799. The van der Waals surface area contributed by atoms with Gasteiger partial charge in [0.25, 0.3) is 0 Å². The number of carbonyl (C=O) groups is 1. The standard InChI is InChI=1S/C15H17ClN2O2/c1-15(2,3)13(19)14-18-8-17-7-11(18)10-6-9(16)4-5-12(10)20-14/h4-6,8,11,14H,7H2,1-3H3. The molecule has 0 aliphatic carbocycles. The number of benzene rings is 1. The first-order chi connectivity index (χ1) is 9.38. The van der Waals surface area contributed by atoms with E-state index in [1.165, 1.54) is 0 Å². The van der Waals surface area contributed by atoms with Gasteiger partial charge in [0, 0.05) is 16.0 Å². The van der Waals surface area contributed by atoms with Crippen LogP contribution in [0.3, 0.4) is 0 Å². The monoisotopic (exact) mass is 292 g/mol. The van der Waals surface area contributed by atoms with Gasteiger partial charge in [-0.25, -0.2) is 0 Å². The summed E-state index contributed by atoms with van der Waals surface area (Å²) < 4.78 is 5.92. The number of rotatable bonds is 1. The van der Waals surface area contributed by atoms with Crippen LogP contribution >= 0.6 is 11.6 Å². The number of hydrogen-bond acceptors (Lipinski definition) is 4. The Balaban J connectivity index is 2.02. The average molecular weight is 293 g/mol. The molecule has 0 bridgehead atoms. The zero-order valence-electron chi connectivity index (χ0n) is 11.8. The van der Waals surface area contributed by atoms with Crippen LogP contribution in [-0.2, 0) is 4.79 Å². The zero-order chi connectivity index (χ0) is 14.5. The molecule has 106 valence electrons. The Morgan fingerprint density at radius 1 is 1.45 bits per heavy atom. The van der Waals surface area contributed by atoms with E-state index in [0.29, 0.717) is 11.6 Å². The highest BCUT2D eigenvalue weighted by Crippen LogP contribution is 2.40. The Bertz CT molecular complexity index is 592. The van der Waals surface area contributed by atoms with Crippen molar-refractivity contribution in [1.29, 1.82) is 0 Å². The number of hydrogen-bond donors (Lipinski definition) is 0. The van der Waals surface area contributed by atoms with Gasteiger partial charge in [-0.1, -0.05) is 32.4 Å². The van der Waals surface area contributed by atoms with Gasteiger partial charge in [-0.15, -0.1) is 0 Å². The van der Waals surface area contributed by atoms with Crippen molar-refractivity contribution < 1.29 is 9.53 Å². The van der Waals surface area contributed by atoms with Crippen molar-refractivity contribution >= 4 is 23.7 Å². The molecule has 1 aromatic carbocycles. The highest BCUT2D eigenvalue weighted by molar-refractivity contribution is 6.30. The molecule has 2 aliphatic rings. The van der Waals surface area contributed by atoms with Crippen LogP contribution in [0.25, 0.3) is 0 Å². The second-order valence-corrected chi connectivity index (χ2v) is 6.65. The molecule has 5 heteroatoms. The molecule has 2 heterocycles. The maximum absolute atomic E-state index is 12.6. The molecule has 0 aromatic heterocycles. The second kappa shape index (κ2) is 4.48. The minimum Gasteiger partial charge on any atom is -0.463 e. The van der Waals surface area contributed by atoms with Crippen molar-refractivity contribution in [2.75, 3.05) is 6.54 Å². The van der Waals surface area contributed by atoms with Crippen molar-refractivity contribution in [3.05, 3.63) is 28.8 Å². The highest BCUT2D eigenvalue weighted by Gasteiger charge is 2.43. The molecule has 2 atom stereocenters. The van der Waals surface area contributed by atoms with Crippen LogP contribution in [0.5, 0.6) is 5.75 Å². The second-order valence-electron chi connectivity index (χ2n) is 6.21. The first-order valence-electron chi connectivity index (χ1n) is 6.66. The summed E-state index contributed by atoms with van der Waals surface area (Å²) in [4.78, 5) is 18.8. The Kier molecular flexibility index (Phi) is 3.01. The molecule has 0 N–H and O–H groups in total. The van der Waals surface area contributed by atoms with E-state index in [-0.39, 0.29) is 11.8 Å². The number of ketones is 1. The van der Waals surface area contributed by atoms with Gasteiger partial charge in [0.05, 0.1) is 18.9 Å². The molecule has 0 amide bonds. The smallest absolute Gasteiger partial charge is 0.233 e. The third-order valence-electron chi connectivity index (χ3n) is 3.66. The third-order valence-corrected chi connectivity index (χ3v) is 3.89.